The number of rotatable bonds is 4. The molecule has 1 heterocycles. The normalized spacial score (nSPS) is 18.1. The van der Waals surface area contributed by atoms with E-state index in [1.54, 1.807) is 7.11 Å². The molecule has 0 bridgehead atoms. The Hall–Kier alpha value is -2.39. The van der Waals surface area contributed by atoms with Crippen LogP contribution < -0.4 is 4.74 Å². The minimum atomic E-state index is -0.0688. The molecule has 0 aliphatic heterocycles. The van der Waals surface area contributed by atoms with Crippen molar-refractivity contribution < 1.29 is 4.74 Å². The Morgan fingerprint density at radius 3 is 2.79 bits per heavy atom. The second-order valence-corrected chi connectivity index (χ2v) is 6.99. The minimum Gasteiger partial charge on any atom is -0.497 e. The average molecular weight is 322 g/mol. The molecule has 2 aliphatic rings. The molecule has 0 saturated heterocycles. The van der Waals surface area contributed by atoms with Crippen molar-refractivity contribution in [2.45, 2.75) is 50.6 Å². The lowest BCUT2D eigenvalue weighted by Gasteiger charge is -2.25. The molecular formula is C19H22N4O. The van der Waals surface area contributed by atoms with Crippen LogP contribution in [0.2, 0.25) is 0 Å². The van der Waals surface area contributed by atoms with Gasteiger partial charge in [-0.15, -0.1) is 0 Å². The van der Waals surface area contributed by atoms with Gasteiger partial charge in [-0.05, 0) is 47.7 Å². The molecule has 4 rings (SSSR count). The molecule has 5 nitrogen and oxygen atoms in total. The summed E-state index contributed by atoms with van der Waals surface area (Å²) in [7, 11) is 1.71. The lowest BCUT2D eigenvalue weighted by atomic mass is 9.77. The first-order chi connectivity index (χ1) is 11.7. The zero-order valence-corrected chi connectivity index (χ0v) is 14.2. The van der Waals surface area contributed by atoms with E-state index in [9.17, 15) is 0 Å². The van der Waals surface area contributed by atoms with E-state index < -0.39 is 0 Å². The highest BCUT2D eigenvalue weighted by atomic mass is 16.5. The maximum atomic E-state index is 8.68. The fourth-order valence-electron chi connectivity index (χ4n) is 4.65. The molecular weight excluding hydrogens is 300 g/mol. The van der Waals surface area contributed by atoms with E-state index in [2.05, 4.69) is 45.1 Å². The summed E-state index contributed by atoms with van der Waals surface area (Å²) in [6, 6.07) is 8.70. The second kappa shape index (κ2) is 5.60. The maximum absolute atomic E-state index is 8.68. The first-order valence-corrected chi connectivity index (χ1v) is 8.62. The molecule has 124 valence electrons. The van der Waals surface area contributed by atoms with E-state index in [1.807, 2.05) is 6.92 Å². The van der Waals surface area contributed by atoms with Gasteiger partial charge in [0.1, 0.15) is 5.75 Å². The molecule has 2 aliphatic carbocycles. The topological polar surface area (TPSA) is 62.9 Å². The molecule has 0 radical (unpaired) electrons. The Kier molecular flexibility index (Phi) is 3.54. The van der Waals surface area contributed by atoms with Gasteiger partial charge in [0.25, 0.3) is 0 Å². The molecule has 2 aromatic rings. The Morgan fingerprint density at radius 1 is 1.29 bits per heavy atom. The van der Waals surface area contributed by atoms with Gasteiger partial charge in [0, 0.05) is 28.6 Å². The zero-order chi connectivity index (χ0) is 16.7. The van der Waals surface area contributed by atoms with E-state index >= 15 is 0 Å². The molecule has 5 heteroatoms. The summed E-state index contributed by atoms with van der Waals surface area (Å²) in [5.41, 5.74) is 14.3. The number of ether oxygens (including phenoxy) is 1. The quantitative estimate of drug-likeness (QED) is 0.442. The lowest BCUT2D eigenvalue weighted by molar-refractivity contribution is 0.414. The number of aromatic nitrogens is 1. The van der Waals surface area contributed by atoms with Crippen molar-refractivity contribution in [3.05, 3.63) is 52.0 Å². The predicted molar refractivity (Wildman–Crippen MR) is 94.3 cm³/mol. The van der Waals surface area contributed by atoms with Crippen molar-refractivity contribution in [1.29, 1.82) is 0 Å². The Bertz CT molecular complexity index is 826. The van der Waals surface area contributed by atoms with Gasteiger partial charge in [0.05, 0.1) is 18.8 Å². The molecule has 24 heavy (non-hydrogen) atoms. The minimum absolute atomic E-state index is 0.0688. The molecule has 1 aromatic carbocycles. The standard InChI is InChI=1S/C19H22N4O/c1-13(21-22-20)12-23-10-7-17-18(23)15-11-14(24-2)5-6-16(15)19(17)8-3-4-9-19/h5-7,10-11,13H,3-4,8-9,12H2,1-2H3/t13-/m0/s1. The summed E-state index contributed by atoms with van der Waals surface area (Å²) in [6.07, 6.45) is 7.15. The average Bonchev–Trinajstić information content (AvgIpc) is 3.27. The van der Waals surface area contributed by atoms with Crippen LogP contribution in [-0.2, 0) is 12.0 Å². The summed E-state index contributed by atoms with van der Waals surface area (Å²) in [6.45, 7) is 2.66. The van der Waals surface area contributed by atoms with Crippen LogP contribution in [0.4, 0.5) is 0 Å². The Morgan fingerprint density at radius 2 is 2.08 bits per heavy atom. The number of fused-ring (bicyclic) bond motifs is 5. The third-order valence-electron chi connectivity index (χ3n) is 5.64. The number of nitrogens with zero attached hydrogens (tertiary/aromatic N) is 4. The molecule has 1 aromatic heterocycles. The van der Waals surface area contributed by atoms with Crippen molar-refractivity contribution in [3.63, 3.8) is 0 Å². The molecule has 1 saturated carbocycles. The third-order valence-corrected chi connectivity index (χ3v) is 5.64. The molecule has 1 spiro atoms. The SMILES string of the molecule is COc1ccc2c(c1)-c1c(ccn1C[C@H](C)N=[N+]=[N-])C21CCCC1. The molecule has 1 fully saturated rings. The zero-order valence-electron chi connectivity index (χ0n) is 14.2. The summed E-state index contributed by atoms with van der Waals surface area (Å²) in [5.74, 6) is 0.894. The van der Waals surface area contributed by atoms with E-state index in [0.717, 1.165) is 5.75 Å². The highest BCUT2D eigenvalue weighted by Gasteiger charge is 2.46. The highest BCUT2D eigenvalue weighted by Crippen LogP contribution is 2.57. The first kappa shape index (κ1) is 15.2. The number of hydrogen-bond acceptors (Lipinski definition) is 2. The van der Waals surface area contributed by atoms with Crippen LogP contribution in [0.5, 0.6) is 5.75 Å². The van der Waals surface area contributed by atoms with Crippen molar-refractivity contribution >= 4 is 0 Å². The van der Waals surface area contributed by atoms with Crippen LogP contribution >= 0.6 is 0 Å². The van der Waals surface area contributed by atoms with Crippen molar-refractivity contribution in [2.24, 2.45) is 5.11 Å². The van der Waals surface area contributed by atoms with Crippen molar-refractivity contribution in [1.82, 2.24) is 4.57 Å². The lowest BCUT2D eigenvalue weighted by Crippen LogP contribution is -2.19. The number of hydrogen-bond donors (Lipinski definition) is 0. The fourth-order valence-corrected chi connectivity index (χ4v) is 4.65. The fraction of sp³-hybridized carbons (Fsp3) is 0.474. The highest BCUT2D eigenvalue weighted by molar-refractivity contribution is 5.80. The molecule has 0 unspecified atom stereocenters. The van der Waals surface area contributed by atoms with E-state index in [1.165, 1.54) is 48.1 Å². The number of benzene rings is 1. The Labute approximate surface area is 141 Å². The summed E-state index contributed by atoms with van der Waals surface area (Å²) in [4.78, 5) is 2.94. The number of azide groups is 1. The molecule has 0 N–H and O–H groups in total. The predicted octanol–water partition coefficient (Wildman–Crippen LogP) is 5.04. The summed E-state index contributed by atoms with van der Waals surface area (Å²) in [5, 5.41) is 3.84. The summed E-state index contributed by atoms with van der Waals surface area (Å²) >= 11 is 0. The Balaban J connectivity index is 1.88. The molecule has 0 amide bonds. The molecule has 1 atom stereocenters. The third kappa shape index (κ3) is 2.05. The van der Waals surface area contributed by atoms with E-state index in [0.29, 0.717) is 6.54 Å². The van der Waals surface area contributed by atoms with Gasteiger partial charge in [0.2, 0.25) is 0 Å². The van der Waals surface area contributed by atoms with Crippen LogP contribution in [0.3, 0.4) is 0 Å². The van der Waals surface area contributed by atoms with Gasteiger partial charge in [-0.1, -0.05) is 30.9 Å². The van der Waals surface area contributed by atoms with Crippen LogP contribution in [0.1, 0.15) is 43.7 Å². The van der Waals surface area contributed by atoms with Crippen LogP contribution in [-0.4, -0.2) is 17.7 Å². The first-order valence-electron chi connectivity index (χ1n) is 8.62. The van der Waals surface area contributed by atoms with Gasteiger partial charge in [0.15, 0.2) is 0 Å². The van der Waals surface area contributed by atoms with Gasteiger partial charge >= 0.3 is 0 Å². The van der Waals surface area contributed by atoms with Crippen LogP contribution in [0, 0.1) is 0 Å². The van der Waals surface area contributed by atoms with Gasteiger partial charge in [-0.3, -0.25) is 0 Å². The monoisotopic (exact) mass is 322 g/mol. The van der Waals surface area contributed by atoms with Gasteiger partial charge in [-0.2, -0.15) is 0 Å². The van der Waals surface area contributed by atoms with Gasteiger partial charge in [-0.25, -0.2) is 0 Å². The van der Waals surface area contributed by atoms with E-state index in [4.69, 9.17) is 10.3 Å². The van der Waals surface area contributed by atoms with Gasteiger partial charge < -0.3 is 9.30 Å². The maximum Gasteiger partial charge on any atom is 0.119 e. The van der Waals surface area contributed by atoms with Crippen LogP contribution in [0.15, 0.2) is 35.6 Å². The number of methoxy groups -OCH3 is 1. The largest absolute Gasteiger partial charge is 0.497 e. The van der Waals surface area contributed by atoms with E-state index in [-0.39, 0.29) is 11.5 Å². The van der Waals surface area contributed by atoms with Crippen molar-refractivity contribution in [3.8, 4) is 17.0 Å². The van der Waals surface area contributed by atoms with Crippen molar-refractivity contribution in [2.75, 3.05) is 7.11 Å². The van der Waals surface area contributed by atoms with Crippen LogP contribution in [0.25, 0.3) is 21.7 Å². The smallest absolute Gasteiger partial charge is 0.119 e. The second-order valence-electron chi connectivity index (χ2n) is 6.99. The summed E-state index contributed by atoms with van der Waals surface area (Å²) < 4.78 is 7.72.